The predicted octanol–water partition coefficient (Wildman–Crippen LogP) is 20.5. The topological polar surface area (TPSA) is 237 Å². The van der Waals surface area contributed by atoms with Crippen molar-refractivity contribution in [2.24, 2.45) is 23.7 Å². The van der Waals surface area contributed by atoms with Crippen LogP contribution in [0.25, 0.3) is 0 Å². The second-order valence-electron chi connectivity index (χ2n) is 27.6. The molecule has 3 unspecified atom stereocenters. The summed E-state index contributed by atoms with van der Waals surface area (Å²) >= 11 is 0. The summed E-state index contributed by atoms with van der Waals surface area (Å²) < 4.78 is 68.3. The predicted molar refractivity (Wildman–Crippen MR) is 367 cm³/mol. The van der Waals surface area contributed by atoms with Crippen molar-refractivity contribution in [1.82, 2.24) is 0 Å². The SMILES string of the molecule is CCC(C)CCCCCCCCC(=O)O[C@H](COC(=O)CCCCCCCCC(C)C)COP(=O)(O)OC[C@H](O)COP(=O)(O)OC[C@@H](COC(=O)CCCCCCCCCCCCCCC(C)C)OC(=O)CCCCCCCCCCCCCCCCC(C)C. The van der Waals surface area contributed by atoms with Crippen molar-refractivity contribution in [2.75, 3.05) is 39.6 Å². The average Bonchev–Trinajstić information content (AvgIpc) is 3.04. The Balaban J connectivity index is 5.23. The van der Waals surface area contributed by atoms with Gasteiger partial charge in [0.2, 0.25) is 0 Å². The number of aliphatic hydroxyl groups is 1. The Morgan fingerprint density at radius 3 is 0.780 bits per heavy atom. The van der Waals surface area contributed by atoms with E-state index in [1.807, 2.05) is 0 Å². The fourth-order valence-electron chi connectivity index (χ4n) is 10.8. The lowest BCUT2D eigenvalue weighted by Gasteiger charge is -2.21. The number of rotatable bonds is 69. The van der Waals surface area contributed by atoms with Gasteiger partial charge in [-0.05, 0) is 49.4 Å². The Morgan fingerprint density at radius 2 is 0.527 bits per heavy atom. The molecule has 0 bridgehead atoms. The summed E-state index contributed by atoms with van der Waals surface area (Å²) in [6.45, 7) is 14.1. The van der Waals surface area contributed by atoms with Crippen LogP contribution in [0.5, 0.6) is 0 Å². The second kappa shape index (κ2) is 61.6. The van der Waals surface area contributed by atoms with Crippen LogP contribution in [0.3, 0.4) is 0 Å². The summed E-state index contributed by atoms with van der Waals surface area (Å²) in [4.78, 5) is 72.6. The molecule has 0 heterocycles. The molecule has 0 rings (SSSR count). The lowest BCUT2D eigenvalue weighted by molar-refractivity contribution is -0.161. The highest BCUT2D eigenvalue weighted by molar-refractivity contribution is 7.47. The maximum Gasteiger partial charge on any atom is 0.472 e. The quantitative estimate of drug-likeness (QED) is 0.0222. The molecular formula is C72H140O17P2. The molecular weight excluding hydrogens is 1200 g/mol. The summed E-state index contributed by atoms with van der Waals surface area (Å²) in [7, 11) is -9.90. The third kappa shape index (κ3) is 65.1. The molecule has 540 valence electrons. The molecule has 0 aromatic carbocycles. The first-order chi connectivity index (χ1) is 43.6. The lowest BCUT2D eigenvalue weighted by Crippen LogP contribution is -2.30. The van der Waals surface area contributed by atoms with Crippen LogP contribution in [0.4, 0.5) is 0 Å². The lowest BCUT2D eigenvalue weighted by atomic mass is 10.00. The van der Waals surface area contributed by atoms with Gasteiger partial charge in [0.1, 0.15) is 19.3 Å². The van der Waals surface area contributed by atoms with E-state index in [1.54, 1.807) is 0 Å². The minimum atomic E-state index is -4.96. The third-order valence-corrected chi connectivity index (χ3v) is 18.8. The summed E-state index contributed by atoms with van der Waals surface area (Å²) in [5.74, 6) is 0.846. The van der Waals surface area contributed by atoms with Gasteiger partial charge in [0.05, 0.1) is 26.4 Å². The molecule has 0 aliphatic carbocycles. The van der Waals surface area contributed by atoms with Gasteiger partial charge in [0, 0.05) is 25.7 Å². The summed E-state index contributed by atoms with van der Waals surface area (Å²) in [6, 6.07) is 0. The summed E-state index contributed by atoms with van der Waals surface area (Å²) in [6.07, 6.45) is 44.6. The summed E-state index contributed by atoms with van der Waals surface area (Å²) in [5, 5.41) is 10.6. The molecule has 91 heavy (non-hydrogen) atoms. The van der Waals surface area contributed by atoms with E-state index in [4.69, 9.17) is 37.0 Å². The van der Waals surface area contributed by atoms with E-state index >= 15 is 0 Å². The number of esters is 4. The third-order valence-electron chi connectivity index (χ3n) is 16.9. The fraction of sp³-hybridized carbons (Fsp3) is 0.944. The molecule has 0 fully saturated rings. The minimum Gasteiger partial charge on any atom is -0.462 e. The van der Waals surface area contributed by atoms with Crippen LogP contribution in [-0.4, -0.2) is 96.7 Å². The van der Waals surface area contributed by atoms with Crippen LogP contribution < -0.4 is 0 Å². The van der Waals surface area contributed by atoms with Gasteiger partial charge in [-0.15, -0.1) is 0 Å². The van der Waals surface area contributed by atoms with E-state index in [0.717, 1.165) is 114 Å². The number of hydrogen-bond acceptors (Lipinski definition) is 15. The van der Waals surface area contributed by atoms with Crippen LogP contribution >= 0.6 is 15.6 Å². The number of unbranched alkanes of at least 4 members (excludes halogenated alkanes) is 34. The molecule has 17 nitrogen and oxygen atoms in total. The van der Waals surface area contributed by atoms with Crippen molar-refractivity contribution in [1.29, 1.82) is 0 Å². The molecule has 0 aliphatic heterocycles. The Kier molecular flexibility index (Phi) is 60.3. The molecule has 0 aromatic heterocycles. The molecule has 0 saturated carbocycles. The standard InChI is InChI=1S/C72H140O17P2/c1-9-65(8)51-43-35-29-31-39-47-55-72(77)89-68(59-83-70(75)53-45-37-30-28-34-42-50-64(6)7)61-87-91(80,81)85-57-66(73)56-84-90(78,79)86-60-67(58-82-69(74)52-44-36-26-22-18-15-14-17-21-25-33-41-49-63(4)5)88-71(76)54-46-38-27-23-19-13-11-10-12-16-20-24-32-40-48-62(2)3/h62-68,73H,9-61H2,1-8H3,(H,78,79)(H,80,81)/t65?,66-,67-,68-/m1/s1. The molecule has 0 spiro atoms. The highest BCUT2D eigenvalue weighted by atomic mass is 31.2. The van der Waals surface area contributed by atoms with Gasteiger partial charge in [-0.1, -0.05) is 306 Å². The second-order valence-corrected chi connectivity index (χ2v) is 30.6. The summed E-state index contributed by atoms with van der Waals surface area (Å²) in [5.41, 5.74) is 0. The highest BCUT2D eigenvalue weighted by Gasteiger charge is 2.30. The van der Waals surface area contributed by atoms with Crippen molar-refractivity contribution in [2.45, 2.75) is 375 Å². The maximum absolute atomic E-state index is 13.0. The first kappa shape index (κ1) is 89.1. The molecule has 0 saturated heterocycles. The van der Waals surface area contributed by atoms with Gasteiger partial charge >= 0.3 is 39.5 Å². The number of ether oxygens (including phenoxy) is 4. The minimum absolute atomic E-state index is 0.102. The van der Waals surface area contributed by atoms with Crippen molar-refractivity contribution in [3.63, 3.8) is 0 Å². The van der Waals surface area contributed by atoms with E-state index in [1.165, 1.54) is 154 Å². The zero-order chi connectivity index (χ0) is 67.5. The number of hydrogen-bond donors (Lipinski definition) is 3. The van der Waals surface area contributed by atoms with Crippen LogP contribution in [0.2, 0.25) is 0 Å². The number of phosphoric ester groups is 2. The Labute approximate surface area is 556 Å². The number of phosphoric acid groups is 2. The molecule has 0 radical (unpaired) electrons. The van der Waals surface area contributed by atoms with Crippen LogP contribution in [0, 0.1) is 23.7 Å². The molecule has 0 aliphatic rings. The van der Waals surface area contributed by atoms with E-state index in [2.05, 4.69) is 55.4 Å². The van der Waals surface area contributed by atoms with Crippen molar-refractivity contribution >= 4 is 39.5 Å². The smallest absolute Gasteiger partial charge is 0.462 e. The van der Waals surface area contributed by atoms with E-state index in [0.29, 0.717) is 31.6 Å². The van der Waals surface area contributed by atoms with Crippen LogP contribution in [0.1, 0.15) is 357 Å². The van der Waals surface area contributed by atoms with E-state index in [-0.39, 0.29) is 25.7 Å². The molecule has 3 N–H and O–H groups in total. The fourth-order valence-corrected chi connectivity index (χ4v) is 12.4. The molecule has 0 amide bonds. The first-order valence-electron chi connectivity index (χ1n) is 37.2. The van der Waals surface area contributed by atoms with Crippen molar-refractivity contribution in [3.8, 4) is 0 Å². The largest absolute Gasteiger partial charge is 0.472 e. The first-order valence-corrected chi connectivity index (χ1v) is 40.2. The zero-order valence-corrected chi connectivity index (χ0v) is 61.3. The Hall–Kier alpha value is -1.94. The van der Waals surface area contributed by atoms with E-state index in [9.17, 15) is 43.2 Å². The number of carbonyl (C=O) groups is 4. The number of aliphatic hydroxyl groups excluding tert-OH is 1. The van der Waals surface area contributed by atoms with Gasteiger partial charge in [0.15, 0.2) is 12.2 Å². The van der Waals surface area contributed by atoms with Crippen LogP contribution in [0.15, 0.2) is 0 Å². The van der Waals surface area contributed by atoms with E-state index < -0.39 is 97.5 Å². The normalized spacial score (nSPS) is 14.5. The molecule has 6 atom stereocenters. The number of carbonyl (C=O) groups excluding carboxylic acids is 4. The van der Waals surface area contributed by atoms with Crippen LogP contribution in [-0.2, 0) is 65.4 Å². The molecule has 0 aromatic rings. The van der Waals surface area contributed by atoms with Gasteiger partial charge in [-0.2, -0.15) is 0 Å². The van der Waals surface area contributed by atoms with Crippen molar-refractivity contribution < 1.29 is 80.2 Å². The van der Waals surface area contributed by atoms with Gasteiger partial charge < -0.3 is 33.8 Å². The average molecular weight is 1340 g/mol. The Bertz CT molecular complexity index is 1800. The van der Waals surface area contributed by atoms with Gasteiger partial charge in [0.25, 0.3) is 0 Å². The zero-order valence-electron chi connectivity index (χ0n) is 59.5. The van der Waals surface area contributed by atoms with Gasteiger partial charge in [-0.3, -0.25) is 37.3 Å². The van der Waals surface area contributed by atoms with Crippen molar-refractivity contribution in [3.05, 3.63) is 0 Å². The van der Waals surface area contributed by atoms with Gasteiger partial charge in [-0.25, -0.2) is 9.13 Å². The monoisotopic (exact) mass is 1340 g/mol. The highest BCUT2D eigenvalue weighted by Crippen LogP contribution is 2.45. The molecule has 19 heteroatoms. The maximum atomic E-state index is 13.0. The Morgan fingerprint density at radius 1 is 0.308 bits per heavy atom.